The van der Waals surface area contributed by atoms with Gasteiger partial charge in [-0.2, -0.15) is 5.10 Å². The number of aromatic nitrogens is 2. The maximum atomic E-state index is 13.1. The van der Waals surface area contributed by atoms with Crippen LogP contribution in [0.15, 0.2) is 40.2 Å². The number of rotatable bonds is 3. The SMILES string of the molecule is Cn1cc(C(=O)NC2=CC=CC3C4CCC(C4=C(Cl)Cl)C23)c(C(F)F)n1. The number of carbonyl (C=O) groups excluding carboxylic acids is 1. The average Bonchev–Trinajstić information content (AvgIpc) is 3.26. The van der Waals surface area contributed by atoms with Gasteiger partial charge in [0.15, 0.2) is 0 Å². The van der Waals surface area contributed by atoms with E-state index in [0.717, 1.165) is 24.1 Å². The number of carbonyl (C=O) groups is 1. The van der Waals surface area contributed by atoms with Crippen LogP contribution >= 0.6 is 23.2 Å². The second-order valence-electron chi connectivity index (χ2n) is 6.97. The summed E-state index contributed by atoms with van der Waals surface area (Å²) in [5.74, 6) is 0.174. The van der Waals surface area contributed by atoms with E-state index in [4.69, 9.17) is 23.2 Å². The summed E-state index contributed by atoms with van der Waals surface area (Å²) in [5.41, 5.74) is 1.17. The van der Waals surface area contributed by atoms with Crippen LogP contribution in [0.3, 0.4) is 0 Å². The molecule has 0 spiro atoms. The second-order valence-corrected chi connectivity index (χ2v) is 7.92. The molecule has 1 N–H and O–H groups in total. The second kappa shape index (κ2) is 6.50. The Labute approximate surface area is 159 Å². The number of fused-ring (bicyclic) bond motifs is 5. The number of amides is 1. The molecule has 0 radical (unpaired) electrons. The molecule has 26 heavy (non-hydrogen) atoms. The van der Waals surface area contributed by atoms with Crippen LogP contribution in [0.1, 0.15) is 35.3 Å². The van der Waals surface area contributed by atoms with Crippen LogP contribution in [0.5, 0.6) is 0 Å². The first-order chi connectivity index (χ1) is 12.4. The van der Waals surface area contributed by atoms with Gasteiger partial charge in [-0.05, 0) is 42.2 Å². The smallest absolute Gasteiger partial charge is 0.282 e. The van der Waals surface area contributed by atoms with Crippen LogP contribution < -0.4 is 5.32 Å². The normalized spacial score (nSPS) is 29.2. The van der Waals surface area contributed by atoms with Gasteiger partial charge in [0.05, 0.1) is 5.56 Å². The fraction of sp³-hybridized carbons (Fsp3) is 0.444. The molecular formula is C18H17Cl2F2N3O. The van der Waals surface area contributed by atoms with Crippen molar-refractivity contribution in [2.45, 2.75) is 19.3 Å². The Hall–Kier alpha value is -1.66. The molecule has 2 fully saturated rings. The van der Waals surface area contributed by atoms with Crippen LogP contribution in [0.25, 0.3) is 0 Å². The monoisotopic (exact) mass is 399 g/mol. The maximum absolute atomic E-state index is 13.1. The lowest BCUT2D eigenvalue weighted by Gasteiger charge is -2.32. The third kappa shape index (κ3) is 2.70. The summed E-state index contributed by atoms with van der Waals surface area (Å²) in [6, 6.07) is 0. The number of halogens is 4. The molecule has 4 nitrogen and oxygen atoms in total. The lowest BCUT2D eigenvalue weighted by molar-refractivity contribution is 0.0941. The van der Waals surface area contributed by atoms with Crippen molar-refractivity contribution in [1.29, 1.82) is 0 Å². The van der Waals surface area contributed by atoms with Gasteiger partial charge in [0, 0.05) is 24.9 Å². The summed E-state index contributed by atoms with van der Waals surface area (Å²) in [4.78, 5) is 12.6. The number of allylic oxidation sites excluding steroid dienone is 5. The van der Waals surface area contributed by atoms with Gasteiger partial charge in [-0.25, -0.2) is 8.78 Å². The number of hydrogen-bond acceptors (Lipinski definition) is 2. The highest BCUT2D eigenvalue weighted by atomic mass is 35.5. The van der Waals surface area contributed by atoms with Gasteiger partial charge in [0.1, 0.15) is 10.2 Å². The molecule has 8 heteroatoms. The Balaban J connectivity index is 1.62. The topological polar surface area (TPSA) is 46.9 Å². The zero-order chi connectivity index (χ0) is 18.6. The molecule has 2 saturated carbocycles. The molecule has 138 valence electrons. The van der Waals surface area contributed by atoms with E-state index in [1.165, 1.54) is 17.9 Å². The van der Waals surface area contributed by atoms with E-state index >= 15 is 0 Å². The molecule has 1 amide bonds. The summed E-state index contributed by atoms with van der Waals surface area (Å²) in [5, 5.41) is 6.53. The van der Waals surface area contributed by atoms with Gasteiger partial charge in [-0.3, -0.25) is 9.48 Å². The quantitative estimate of drug-likeness (QED) is 0.812. The van der Waals surface area contributed by atoms with E-state index in [0.29, 0.717) is 4.49 Å². The molecule has 3 aliphatic carbocycles. The fourth-order valence-electron chi connectivity index (χ4n) is 4.76. The molecule has 0 saturated heterocycles. The highest BCUT2D eigenvalue weighted by Crippen LogP contribution is 2.60. The highest BCUT2D eigenvalue weighted by molar-refractivity contribution is 6.56. The Morgan fingerprint density at radius 2 is 2.08 bits per heavy atom. The molecular weight excluding hydrogens is 383 g/mol. The van der Waals surface area contributed by atoms with E-state index in [-0.39, 0.29) is 29.2 Å². The first-order valence-electron chi connectivity index (χ1n) is 8.45. The third-order valence-corrected chi connectivity index (χ3v) is 6.09. The van der Waals surface area contributed by atoms with Crippen molar-refractivity contribution in [3.8, 4) is 0 Å². The van der Waals surface area contributed by atoms with Crippen LogP contribution in [-0.2, 0) is 7.05 Å². The summed E-state index contributed by atoms with van der Waals surface area (Å²) < 4.78 is 27.8. The summed E-state index contributed by atoms with van der Waals surface area (Å²) in [7, 11) is 1.51. The predicted octanol–water partition coefficient (Wildman–Crippen LogP) is 4.50. The van der Waals surface area contributed by atoms with E-state index < -0.39 is 18.0 Å². The van der Waals surface area contributed by atoms with E-state index in [2.05, 4.69) is 16.5 Å². The molecule has 1 aromatic heterocycles. The number of alkyl halides is 2. The maximum Gasteiger partial charge on any atom is 0.282 e. The molecule has 3 aliphatic rings. The Morgan fingerprint density at radius 1 is 1.35 bits per heavy atom. The number of nitrogens with one attached hydrogen (secondary N) is 1. The molecule has 4 rings (SSSR count). The molecule has 0 aromatic carbocycles. The minimum atomic E-state index is -2.81. The van der Waals surface area contributed by atoms with Crippen molar-refractivity contribution in [3.63, 3.8) is 0 Å². The van der Waals surface area contributed by atoms with E-state index in [1.807, 2.05) is 12.2 Å². The van der Waals surface area contributed by atoms with Gasteiger partial charge in [-0.1, -0.05) is 35.4 Å². The van der Waals surface area contributed by atoms with Gasteiger partial charge in [0.2, 0.25) is 0 Å². The minimum Gasteiger partial charge on any atom is -0.325 e. The van der Waals surface area contributed by atoms with Gasteiger partial charge in [-0.15, -0.1) is 0 Å². The molecule has 0 aliphatic heterocycles. The molecule has 1 aromatic rings. The average molecular weight is 400 g/mol. The fourth-order valence-corrected chi connectivity index (χ4v) is 5.32. The highest BCUT2D eigenvalue weighted by Gasteiger charge is 2.53. The first-order valence-corrected chi connectivity index (χ1v) is 9.20. The molecule has 4 unspecified atom stereocenters. The van der Waals surface area contributed by atoms with E-state index in [1.54, 1.807) is 0 Å². The lowest BCUT2D eigenvalue weighted by atomic mass is 9.75. The largest absolute Gasteiger partial charge is 0.325 e. The molecule has 2 bridgehead atoms. The van der Waals surface area contributed by atoms with Gasteiger partial charge in [0.25, 0.3) is 12.3 Å². The van der Waals surface area contributed by atoms with Crippen LogP contribution in [0, 0.1) is 23.7 Å². The number of nitrogens with zero attached hydrogens (tertiary/aromatic N) is 2. The van der Waals surface area contributed by atoms with Crippen molar-refractivity contribution in [3.05, 3.63) is 51.4 Å². The standard InChI is InChI=1S/C18H17Cl2F2N3O/c1-25-7-11(15(24-25)17(21)22)18(26)23-12-4-2-3-8-9-5-6-10(13(8)12)14(9)16(19)20/h2-4,7-10,13,17H,5-6H2,1H3,(H,23,26). The van der Waals surface area contributed by atoms with Crippen molar-refractivity contribution in [1.82, 2.24) is 15.1 Å². The Morgan fingerprint density at radius 3 is 2.77 bits per heavy atom. The molecule has 4 atom stereocenters. The molecule has 1 heterocycles. The Kier molecular flexibility index (Phi) is 4.43. The van der Waals surface area contributed by atoms with Crippen molar-refractivity contribution >= 4 is 29.1 Å². The predicted molar refractivity (Wildman–Crippen MR) is 94.8 cm³/mol. The van der Waals surface area contributed by atoms with Crippen LogP contribution in [-0.4, -0.2) is 15.7 Å². The zero-order valence-corrected chi connectivity index (χ0v) is 15.4. The van der Waals surface area contributed by atoms with Gasteiger partial charge >= 0.3 is 0 Å². The minimum absolute atomic E-state index is 0.0665. The van der Waals surface area contributed by atoms with Crippen molar-refractivity contribution in [2.24, 2.45) is 30.7 Å². The lowest BCUT2D eigenvalue weighted by Crippen LogP contribution is -2.34. The first kappa shape index (κ1) is 17.7. The van der Waals surface area contributed by atoms with Crippen molar-refractivity contribution < 1.29 is 13.6 Å². The Bertz CT molecular complexity index is 855. The number of hydrogen-bond donors (Lipinski definition) is 1. The van der Waals surface area contributed by atoms with Crippen LogP contribution in [0.2, 0.25) is 0 Å². The number of aryl methyl sites for hydroxylation is 1. The van der Waals surface area contributed by atoms with Gasteiger partial charge < -0.3 is 5.32 Å². The zero-order valence-electron chi connectivity index (χ0n) is 13.9. The van der Waals surface area contributed by atoms with Crippen LogP contribution in [0.4, 0.5) is 8.78 Å². The summed E-state index contributed by atoms with van der Waals surface area (Å²) in [6.45, 7) is 0. The summed E-state index contributed by atoms with van der Waals surface area (Å²) in [6.07, 6.45) is 6.34. The summed E-state index contributed by atoms with van der Waals surface area (Å²) >= 11 is 12.2. The van der Waals surface area contributed by atoms with Crippen molar-refractivity contribution in [2.75, 3.05) is 0 Å². The third-order valence-electron chi connectivity index (χ3n) is 5.65. The van der Waals surface area contributed by atoms with E-state index in [9.17, 15) is 13.6 Å².